The van der Waals surface area contributed by atoms with Crippen molar-refractivity contribution in [3.63, 3.8) is 0 Å². The maximum Gasteiger partial charge on any atom is 1.00 e. The summed E-state index contributed by atoms with van der Waals surface area (Å²) in [6, 6.07) is 2.43. The maximum atomic E-state index is 11.3. The van der Waals surface area contributed by atoms with E-state index in [-0.39, 0.29) is 156 Å². The van der Waals surface area contributed by atoms with Gasteiger partial charge in [0.1, 0.15) is 11.6 Å². The Morgan fingerprint density at radius 1 is 0.472 bits per heavy atom. The molecule has 0 aromatic rings. The molecule has 14 rings (SSSR count). The zero-order chi connectivity index (χ0) is 70.7. The van der Waals surface area contributed by atoms with Crippen molar-refractivity contribution in [3.8, 4) is 6.07 Å². The third kappa shape index (κ3) is 40.5. The first kappa shape index (κ1) is 116. The Balaban J connectivity index is -0.000000569. The van der Waals surface area contributed by atoms with E-state index in [2.05, 4.69) is 18.7 Å². The van der Waals surface area contributed by atoms with E-state index in [1.54, 1.807) is 27.7 Å². The number of aliphatic hydroxyl groups is 1. The quantitative estimate of drug-likeness (QED) is 0.121. The molecule has 1 unspecified atom stereocenters. The fraction of sp³-hybridized carbons (Fsp3) is 0.936. The smallest absolute Gasteiger partial charge is 1.00 e. The summed E-state index contributed by atoms with van der Waals surface area (Å²) in [5, 5.41) is 38.1. The molecule has 0 heterocycles. The number of Topliss-reactive ketones (excluding diaryl/α,β-unsaturated/α-hetero) is 2. The summed E-state index contributed by atoms with van der Waals surface area (Å²) in [6.45, 7) is 12.0. The number of quaternary nitrogens is 1. The van der Waals surface area contributed by atoms with Gasteiger partial charge in [-0.2, -0.15) is 5.26 Å². The van der Waals surface area contributed by atoms with Gasteiger partial charge in [-0.1, -0.05) is 178 Å². The summed E-state index contributed by atoms with van der Waals surface area (Å²) < 4.78 is 0. The zero-order valence-electron chi connectivity index (χ0n) is 71.4. The normalized spacial score (nSPS) is 28.6. The summed E-state index contributed by atoms with van der Waals surface area (Å²) in [7, 11) is 0. The molecule has 0 aliphatic heterocycles. The number of nitrogens with zero attached hydrogens (tertiary/aromatic N) is 1. The number of nitriles is 1. The van der Waals surface area contributed by atoms with Crippen molar-refractivity contribution >= 4 is 29.1 Å². The van der Waals surface area contributed by atoms with Crippen LogP contribution in [-0.4, -0.2) is 50.9 Å². The van der Waals surface area contributed by atoms with Gasteiger partial charge < -0.3 is 54.5 Å². The number of carboxylic acids is 1. The first-order valence-corrected chi connectivity index (χ1v) is 43.7. The summed E-state index contributed by atoms with van der Waals surface area (Å²) in [6.07, 6.45) is 85.3. The van der Waals surface area contributed by atoms with Gasteiger partial charge in [-0.05, 0) is 321 Å². The largest absolute Gasteiger partial charge is 1.00 e. The zero-order valence-corrected chi connectivity index (χ0v) is 76.0. The Labute approximate surface area is 749 Å². The van der Waals surface area contributed by atoms with Crippen molar-refractivity contribution in [3.05, 3.63) is 14.9 Å². The van der Waals surface area contributed by atoms with Gasteiger partial charge in [0.05, 0.1) is 24.1 Å². The Bertz CT molecular complexity index is 2210. The molecular formula is C94H178Cl2KLi2N3O6. The standard InChI is InChI=1S/C13H23Cl.C13H22O.C12H23N.C12H19N.C12H20O2.C12H22O.C11H18O.C4H9O.3CH4.2CH3.ClH.K.2Li.H3N/c2*1-11(14)12-5-9-13(10-6-12)7-3-2-4-8-13;2*13-10-11-4-8-12(9-5-11)6-2-1-3-7-12;13-11(14)10-4-8-12(9-5-10)6-2-1-3-7-12;1-11(13)7-9-12(10-8-11)5-3-2-4-6-12;12-10-4-8-11(9-5-10)6-2-1-3-7-11;1-4(2,3)5;;;;;;;;;;/h11-12H,2-10H2,1H3;12H,2-10H2,1H3;11H,1-10,13H2;11H,1-9H2;10H,1-9H2,(H,13,14);13H,2-10H2,1H3;1-9H2;1-3H3;3*1H4;2*1H3;1H;;;;1H3/q;;;;;;;-1;;;;2*-1;;3*+1;. The van der Waals surface area contributed by atoms with Crippen molar-refractivity contribution in [1.29, 1.82) is 5.26 Å². The van der Waals surface area contributed by atoms with Crippen LogP contribution in [0.3, 0.4) is 0 Å². The fourth-order valence-corrected chi connectivity index (χ4v) is 23.0. The van der Waals surface area contributed by atoms with Gasteiger partial charge >= 0.3 is 95.1 Å². The van der Waals surface area contributed by atoms with Gasteiger partial charge in [0.15, 0.2) is 0 Å². The van der Waals surface area contributed by atoms with Crippen LogP contribution in [0.2, 0.25) is 0 Å². The second-order valence-corrected chi connectivity index (χ2v) is 39.4. The minimum Gasteiger partial charge on any atom is -1.00 e. The van der Waals surface area contributed by atoms with Crippen LogP contribution in [0.5, 0.6) is 0 Å². The van der Waals surface area contributed by atoms with Crippen molar-refractivity contribution in [2.75, 3.05) is 6.54 Å². The number of ketones is 2. The van der Waals surface area contributed by atoms with Crippen LogP contribution in [-0.2, 0) is 14.4 Å². The predicted molar refractivity (Wildman–Crippen MR) is 446 cm³/mol. The molecule has 0 amide bonds. The molecule has 8 N–H and O–H groups in total. The van der Waals surface area contributed by atoms with E-state index >= 15 is 0 Å². The molecule has 622 valence electrons. The molecule has 0 saturated heterocycles. The molecular weight excluding hydrogens is 1390 g/mol. The van der Waals surface area contributed by atoms with Crippen LogP contribution in [0.4, 0.5) is 0 Å². The van der Waals surface area contributed by atoms with E-state index in [1.165, 1.54) is 373 Å². The number of halogens is 2. The Morgan fingerprint density at radius 3 is 0.944 bits per heavy atom. The minimum absolute atomic E-state index is 0. The molecule has 9 nitrogen and oxygen atoms in total. The van der Waals surface area contributed by atoms with Crippen LogP contribution in [0, 0.1) is 93.7 Å². The van der Waals surface area contributed by atoms with Crippen LogP contribution in [0.1, 0.15) is 468 Å². The number of hydrogen-bond donors (Lipinski definition) is 4. The van der Waals surface area contributed by atoms with E-state index in [1.807, 2.05) is 6.92 Å². The maximum absolute atomic E-state index is 11.3. The van der Waals surface area contributed by atoms with E-state index < -0.39 is 11.6 Å². The van der Waals surface area contributed by atoms with Gasteiger partial charge in [-0.25, -0.2) is 0 Å². The molecule has 0 aromatic heterocycles. The molecule has 0 aromatic carbocycles. The van der Waals surface area contributed by atoms with Gasteiger partial charge in [0.2, 0.25) is 0 Å². The molecule has 14 fully saturated rings. The molecule has 0 radical (unpaired) electrons. The second-order valence-electron chi connectivity index (χ2n) is 38.7. The predicted octanol–water partition coefficient (Wildman–Crippen LogP) is 15.2. The van der Waals surface area contributed by atoms with Crippen LogP contribution in [0.25, 0.3) is 0 Å². The molecule has 108 heavy (non-hydrogen) atoms. The van der Waals surface area contributed by atoms with E-state index in [9.17, 15) is 24.6 Å². The molecule has 0 bridgehead atoms. The molecule has 14 heteroatoms. The minimum atomic E-state index is -0.750. The van der Waals surface area contributed by atoms with Gasteiger partial charge in [-0.15, -0.1) is 17.2 Å². The first-order chi connectivity index (χ1) is 46.8. The number of alkyl halides is 1. The number of hydrogen-bond acceptors (Lipinski definition) is 7. The molecule has 14 aliphatic rings. The summed E-state index contributed by atoms with van der Waals surface area (Å²) >= 11 is 6.18. The van der Waals surface area contributed by atoms with Crippen LogP contribution >= 0.6 is 11.6 Å². The second kappa shape index (κ2) is 57.7. The Morgan fingerprint density at radius 2 is 0.704 bits per heavy atom. The third-order valence-corrected chi connectivity index (χ3v) is 30.6. The van der Waals surface area contributed by atoms with Crippen LogP contribution in [0.15, 0.2) is 0 Å². The SMILES string of the molecule is C.C.C.CC(=O)C1CCC2(CCCCC2)CC1.CC(C)(C)[O-].CC(Cl)C1CCC2(CCCCC2)CC1.CC1(O)CCC2(CCCCC2)CC1.N.N#CC1CCC2(CCCCC2)CC1.O=C(O)C1CCC2(CCCCC2)CC1.O=C1CCC2(CCCCC2)CC1.[CH3-].[CH3-].[Cl-].[K+].[Li+].[Li+].[NH3+]CC1CCC2(CCCCC2)CC1. The average Bonchev–Trinajstić information content (AvgIpc) is 0.818. The molecule has 14 aliphatic carbocycles. The van der Waals surface area contributed by atoms with Crippen LogP contribution < -0.4 is 119 Å². The van der Waals surface area contributed by atoms with Crippen molar-refractivity contribution < 1.29 is 137 Å². The van der Waals surface area contributed by atoms with E-state index in [0.29, 0.717) is 55.9 Å². The van der Waals surface area contributed by atoms with Crippen molar-refractivity contribution in [2.45, 2.75) is 485 Å². The molecule has 7 spiro atoms. The van der Waals surface area contributed by atoms with Crippen molar-refractivity contribution in [2.24, 2.45) is 67.5 Å². The number of carboxylic acid groups (broad SMARTS) is 1. The van der Waals surface area contributed by atoms with Crippen molar-refractivity contribution in [1.82, 2.24) is 6.15 Å². The number of rotatable bonds is 4. The summed E-state index contributed by atoms with van der Waals surface area (Å²) in [4.78, 5) is 33.2. The summed E-state index contributed by atoms with van der Waals surface area (Å²) in [5.74, 6) is 2.88. The van der Waals surface area contributed by atoms with E-state index in [4.69, 9.17) is 22.0 Å². The van der Waals surface area contributed by atoms with Gasteiger partial charge in [-0.3, -0.25) is 14.4 Å². The fourth-order valence-electron chi connectivity index (χ4n) is 22.8. The van der Waals surface area contributed by atoms with E-state index in [0.717, 1.165) is 61.2 Å². The van der Waals surface area contributed by atoms with Gasteiger partial charge in [0, 0.05) is 36.0 Å². The summed E-state index contributed by atoms with van der Waals surface area (Å²) in [5.41, 5.74) is 7.71. The van der Waals surface area contributed by atoms with Gasteiger partial charge in [0.25, 0.3) is 0 Å². The Hall–Kier alpha value is 1.55. The number of carbonyl (C=O) groups is 3. The average molecular weight is 1570 g/mol. The Kier molecular flexibility index (Phi) is 61.9. The number of aliphatic carboxylic acids is 1. The third-order valence-electron chi connectivity index (χ3n) is 30.2. The topological polar surface area (TPSA) is 201 Å². The number of carbonyl (C=O) groups excluding carboxylic acids is 2. The monoisotopic (exact) mass is 1570 g/mol. The molecule has 14 saturated carbocycles. The first-order valence-electron chi connectivity index (χ1n) is 43.3. The molecule has 1 atom stereocenters.